The molecule has 1 rings (SSSR count). The molecule has 0 saturated heterocycles. The molecule has 0 aliphatic carbocycles. The van der Waals surface area contributed by atoms with Gasteiger partial charge in [0.2, 0.25) is 5.91 Å². The van der Waals surface area contributed by atoms with Crippen LogP contribution in [0.2, 0.25) is 0 Å². The van der Waals surface area contributed by atoms with Crippen LogP contribution in [-0.4, -0.2) is 30.0 Å². The molecule has 1 amide bonds. The van der Waals surface area contributed by atoms with E-state index >= 15 is 0 Å². The summed E-state index contributed by atoms with van der Waals surface area (Å²) < 4.78 is 5.44. The average Bonchev–Trinajstić information content (AvgIpc) is 2.39. The summed E-state index contributed by atoms with van der Waals surface area (Å²) in [5, 5.41) is 8.94. The molecule has 4 heteroatoms. The third kappa shape index (κ3) is 3.77. The van der Waals surface area contributed by atoms with Gasteiger partial charge in [0.1, 0.15) is 11.3 Å². The van der Waals surface area contributed by atoms with Crippen molar-refractivity contribution >= 4 is 5.91 Å². The fraction of sp³-hybridized carbons (Fsp3) is 0.429. The van der Waals surface area contributed by atoms with Crippen molar-refractivity contribution in [2.45, 2.75) is 25.8 Å². The molecule has 0 N–H and O–H groups in total. The summed E-state index contributed by atoms with van der Waals surface area (Å²) in [6.45, 7) is 3.74. The first-order valence-corrected chi connectivity index (χ1v) is 5.83. The molecule has 1 aromatic carbocycles. The minimum absolute atomic E-state index is 0.0996. The minimum atomic E-state index is -0.788. The molecular formula is C14H18N2O2. The molecule has 0 unspecified atom stereocenters. The van der Waals surface area contributed by atoms with Crippen LogP contribution < -0.4 is 4.74 Å². The van der Waals surface area contributed by atoms with Gasteiger partial charge in [-0.1, -0.05) is 18.2 Å². The minimum Gasteiger partial charge on any atom is -0.493 e. The Labute approximate surface area is 108 Å². The van der Waals surface area contributed by atoms with Gasteiger partial charge in [-0.2, -0.15) is 5.26 Å². The van der Waals surface area contributed by atoms with Gasteiger partial charge >= 0.3 is 0 Å². The van der Waals surface area contributed by atoms with E-state index in [0.717, 1.165) is 5.75 Å². The van der Waals surface area contributed by atoms with Crippen molar-refractivity contribution in [3.63, 3.8) is 0 Å². The summed E-state index contributed by atoms with van der Waals surface area (Å²) in [7, 11) is 1.63. The summed E-state index contributed by atoms with van der Waals surface area (Å²) in [4.78, 5) is 13.3. The quantitative estimate of drug-likeness (QED) is 0.800. The average molecular weight is 246 g/mol. The molecule has 0 radical (unpaired) electrons. The van der Waals surface area contributed by atoms with Crippen LogP contribution in [0.15, 0.2) is 30.3 Å². The number of benzene rings is 1. The SMILES string of the molecule is CN(C(=O)CCOc1ccccc1)C(C)(C)C#N. The Morgan fingerprint density at radius 1 is 1.39 bits per heavy atom. The van der Waals surface area contributed by atoms with Crippen molar-refractivity contribution in [3.05, 3.63) is 30.3 Å². The third-order valence-electron chi connectivity index (χ3n) is 2.81. The van der Waals surface area contributed by atoms with Crippen molar-refractivity contribution in [1.29, 1.82) is 5.26 Å². The lowest BCUT2D eigenvalue weighted by Crippen LogP contribution is -2.44. The molecule has 18 heavy (non-hydrogen) atoms. The fourth-order valence-electron chi connectivity index (χ4n) is 1.33. The third-order valence-corrected chi connectivity index (χ3v) is 2.81. The van der Waals surface area contributed by atoms with Gasteiger partial charge in [-0.15, -0.1) is 0 Å². The van der Waals surface area contributed by atoms with Gasteiger partial charge in [-0.25, -0.2) is 0 Å². The summed E-state index contributed by atoms with van der Waals surface area (Å²) >= 11 is 0. The highest BCUT2D eigenvalue weighted by Crippen LogP contribution is 2.13. The highest BCUT2D eigenvalue weighted by Gasteiger charge is 2.26. The van der Waals surface area contributed by atoms with Crippen LogP contribution in [0.25, 0.3) is 0 Å². The smallest absolute Gasteiger partial charge is 0.227 e. The van der Waals surface area contributed by atoms with Crippen LogP contribution in [0.5, 0.6) is 5.75 Å². The molecule has 0 heterocycles. The van der Waals surface area contributed by atoms with E-state index in [9.17, 15) is 4.79 Å². The highest BCUT2D eigenvalue weighted by molar-refractivity contribution is 5.77. The van der Waals surface area contributed by atoms with Crippen molar-refractivity contribution in [2.75, 3.05) is 13.7 Å². The number of carbonyl (C=O) groups is 1. The summed E-state index contributed by atoms with van der Waals surface area (Å²) in [6, 6.07) is 11.4. The molecule has 4 nitrogen and oxygen atoms in total. The van der Waals surface area contributed by atoms with Gasteiger partial charge in [0.15, 0.2) is 0 Å². The number of carbonyl (C=O) groups excluding carboxylic acids is 1. The molecule has 1 aromatic rings. The maximum absolute atomic E-state index is 11.8. The Morgan fingerprint density at radius 2 is 2.00 bits per heavy atom. The van der Waals surface area contributed by atoms with E-state index in [4.69, 9.17) is 10.00 Å². The van der Waals surface area contributed by atoms with Crippen LogP contribution in [0, 0.1) is 11.3 Å². The molecule has 0 atom stereocenters. The number of nitriles is 1. The Kier molecular flexibility index (Phi) is 4.73. The van der Waals surface area contributed by atoms with Gasteiger partial charge in [-0.05, 0) is 26.0 Å². The number of para-hydroxylation sites is 1. The highest BCUT2D eigenvalue weighted by atomic mass is 16.5. The first-order chi connectivity index (χ1) is 8.47. The summed E-state index contributed by atoms with van der Waals surface area (Å²) in [5.74, 6) is 0.643. The van der Waals surface area contributed by atoms with Crippen LogP contribution in [0.1, 0.15) is 20.3 Å². The lowest BCUT2D eigenvalue weighted by Gasteiger charge is -2.29. The van der Waals surface area contributed by atoms with Crippen LogP contribution >= 0.6 is 0 Å². The van der Waals surface area contributed by atoms with Crippen molar-refractivity contribution in [3.8, 4) is 11.8 Å². The predicted octanol–water partition coefficient (Wildman–Crippen LogP) is 2.22. The molecule has 0 fully saturated rings. The van der Waals surface area contributed by atoms with E-state index in [1.165, 1.54) is 4.90 Å². The van der Waals surface area contributed by atoms with Crippen LogP contribution in [0.4, 0.5) is 0 Å². The predicted molar refractivity (Wildman–Crippen MR) is 69.0 cm³/mol. The fourth-order valence-corrected chi connectivity index (χ4v) is 1.33. The maximum Gasteiger partial charge on any atom is 0.227 e. The van der Waals surface area contributed by atoms with Crippen molar-refractivity contribution < 1.29 is 9.53 Å². The number of rotatable bonds is 5. The van der Waals surface area contributed by atoms with E-state index in [0.29, 0.717) is 6.61 Å². The molecule has 0 saturated carbocycles. The van der Waals surface area contributed by atoms with Gasteiger partial charge in [0.05, 0.1) is 19.1 Å². The monoisotopic (exact) mass is 246 g/mol. The van der Waals surface area contributed by atoms with E-state index in [2.05, 4.69) is 6.07 Å². The van der Waals surface area contributed by atoms with Crippen LogP contribution in [-0.2, 0) is 4.79 Å². The number of amides is 1. The zero-order chi connectivity index (χ0) is 13.6. The largest absolute Gasteiger partial charge is 0.493 e. The van der Waals surface area contributed by atoms with E-state index in [-0.39, 0.29) is 12.3 Å². The van der Waals surface area contributed by atoms with E-state index in [1.807, 2.05) is 30.3 Å². The molecule has 0 aromatic heterocycles. The van der Waals surface area contributed by atoms with Gasteiger partial charge in [-0.3, -0.25) is 4.79 Å². The Bertz CT molecular complexity index is 435. The number of nitrogens with zero attached hydrogens (tertiary/aromatic N) is 2. The summed E-state index contributed by atoms with van der Waals surface area (Å²) in [6.07, 6.45) is 0.260. The van der Waals surface area contributed by atoms with Gasteiger partial charge in [0, 0.05) is 7.05 Å². The molecular weight excluding hydrogens is 228 g/mol. The molecule has 96 valence electrons. The van der Waals surface area contributed by atoms with Gasteiger partial charge in [0.25, 0.3) is 0 Å². The summed E-state index contributed by atoms with van der Waals surface area (Å²) in [5.41, 5.74) is -0.788. The second-order valence-electron chi connectivity index (χ2n) is 4.54. The number of ether oxygens (including phenoxy) is 1. The Hall–Kier alpha value is -2.02. The maximum atomic E-state index is 11.8. The normalized spacial score (nSPS) is 10.6. The lowest BCUT2D eigenvalue weighted by molar-refractivity contribution is -0.133. The Morgan fingerprint density at radius 3 is 2.56 bits per heavy atom. The van der Waals surface area contributed by atoms with E-state index in [1.54, 1.807) is 20.9 Å². The van der Waals surface area contributed by atoms with E-state index < -0.39 is 5.54 Å². The van der Waals surface area contributed by atoms with Gasteiger partial charge < -0.3 is 9.64 Å². The molecule has 0 aliphatic heterocycles. The van der Waals surface area contributed by atoms with Crippen molar-refractivity contribution in [2.24, 2.45) is 0 Å². The Balaban J connectivity index is 2.41. The zero-order valence-corrected chi connectivity index (χ0v) is 11.0. The standard InChI is InChI=1S/C14H18N2O2/c1-14(2,11-15)16(3)13(17)9-10-18-12-7-5-4-6-8-12/h4-8H,9-10H2,1-3H3. The second-order valence-corrected chi connectivity index (χ2v) is 4.54. The molecule has 0 spiro atoms. The first-order valence-electron chi connectivity index (χ1n) is 5.83. The number of hydrogen-bond donors (Lipinski definition) is 0. The van der Waals surface area contributed by atoms with Crippen molar-refractivity contribution in [1.82, 2.24) is 4.90 Å². The first kappa shape index (κ1) is 14.0. The topological polar surface area (TPSA) is 53.3 Å². The van der Waals surface area contributed by atoms with Crippen LogP contribution in [0.3, 0.4) is 0 Å². The molecule has 0 bridgehead atoms. The second kappa shape index (κ2) is 6.06. The lowest BCUT2D eigenvalue weighted by atomic mass is 10.1. The zero-order valence-electron chi connectivity index (χ0n) is 11.0. The molecule has 0 aliphatic rings. The number of hydrogen-bond acceptors (Lipinski definition) is 3.